The molecule has 0 aliphatic rings. The zero-order chi connectivity index (χ0) is 44.9. The van der Waals surface area contributed by atoms with E-state index in [9.17, 15) is 0 Å². The number of rotatable bonds is 47. The molecule has 0 spiro atoms. The van der Waals surface area contributed by atoms with Crippen molar-refractivity contribution in [1.29, 1.82) is 0 Å². The van der Waals surface area contributed by atoms with Crippen LogP contribution in [-0.2, 0) is 21.7 Å². The van der Waals surface area contributed by atoms with Crippen LogP contribution in [0.1, 0.15) is 312 Å². The summed E-state index contributed by atoms with van der Waals surface area (Å²) in [5, 5.41) is 22.6. The molecule has 1 N–H and O–H groups in total. The SMILES string of the molecule is CCCCC(CC)CO.CCCCCCCC[N-]CCCCCCCC.CCCCCCCC[N-]CCCCCCCC.CCCCCCCC[N-]CCCCCCCC.[Ti+3]. The van der Waals surface area contributed by atoms with Crippen LogP contribution in [0, 0.1) is 5.92 Å². The molecule has 0 aliphatic heterocycles. The van der Waals surface area contributed by atoms with E-state index >= 15 is 0 Å². The van der Waals surface area contributed by atoms with Crippen molar-refractivity contribution in [3.8, 4) is 0 Å². The molecule has 0 fully saturated rings. The second-order valence-electron chi connectivity index (χ2n) is 18.2. The predicted octanol–water partition coefficient (Wildman–Crippen LogP) is 20.4. The average molecular weight is 899 g/mol. The number of aliphatic hydroxyl groups excluding tert-OH is 1. The van der Waals surface area contributed by atoms with Crippen molar-refractivity contribution < 1.29 is 26.8 Å². The van der Waals surface area contributed by atoms with E-state index in [2.05, 4.69) is 71.3 Å². The summed E-state index contributed by atoms with van der Waals surface area (Å²) in [7, 11) is 0. The van der Waals surface area contributed by atoms with E-state index in [0.29, 0.717) is 12.5 Å². The number of aliphatic hydroxyl groups is 1. The van der Waals surface area contributed by atoms with E-state index in [4.69, 9.17) is 5.11 Å². The topological polar surface area (TPSA) is 62.5 Å². The van der Waals surface area contributed by atoms with E-state index < -0.39 is 0 Å². The summed E-state index contributed by atoms with van der Waals surface area (Å²) in [6, 6.07) is 0. The van der Waals surface area contributed by atoms with Crippen LogP contribution in [0.4, 0.5) is 0 Å². The monoisotopic (exact) mass is 899 g/mol. The van der Waals surface area contributed by atoms with E-state index in [1.807, 2.05) is 0 Å². The first-order valence-electron chi connectivity index (χ1n) is 28.1. The van der Waals surface area contributed by atoms with Crippen LogP contribution in [0.15, 0.2) is 0 Å². The Labute approximate surface area is 404 Å². The van der Waals surface area contributed by atoms with E-state index in [0.717, 1.165) is 45.7 Å². The Balaban J connectivity index is -0.000000232. The molecule has 4 nitrogen and oxygen atoms in total. The molecule has 1 radical (unpaired) electrons. The fourth-order valence-corrected chi connectivity index (χ4v) is 7.28. The molecule has 0 heterocycles. The molecule has 0 aromatic rings. The third-order valence-corrected chi connectivity index (χ3v) is 11.8. The van der Waals surface area contributed by atoms with Gasteiger partial charge >= 0.3 is 21.7 Å². The Morgan fingerprint density at radius 3 is 0.607 bits per heavy atom. The molecule has 0 aromatic heterocycles. The van der Waals surface area contributed by atoms with Crippen LogP contribution in [0.5, 0.6) is 0 Å². The normalized spacial score (nSPS) is 11.2. The Bertz CT molecular complexity index is 522. The van der Waals surface area contributed by atoms with Crippen molar-refractivity contribution in [2.75, 3.05) is 45.9 Å². The Morgan fingerprint density at radius 2 is 0.443 bits per heavy atom. The zero-order valence-electron chi connectivity index (χ0n) is 44.1. The van der Waals surface area contributed by atoms with Crippen molar-refractivity contribution in [2.24, 2.45) is 5.92 Å². The molecule has 1 unspecified atom stereocenters. The van der Waals surface area contributed by atoms with Crippen LogP contribution in [-0.4, -0.2) is 51.0 Å². The summed E-state index contributed by atoms with van der Waals surface area (Å²) < 4.78 is 0. The van der Waals surface area contributed by atoms with Gasteiger partial charge in [-0.05, 0) is 12.3 Å². The number of hydrogen-bond donors (Lipinski definition) is 1. The van der Waals surface area contributed by atoms with Gasteiger partial charge in [-0.2, -0.15) is 0 Å². The summed E-state index contributed by atoms with van der Waals surface area (Å²) >= 11 is 0. The minimum absolute atomic E-state index is 0. The van der Waals surface area contributed by atoms with Gasteiger partial charge in [0.2, 0.25) is 0 Å². The fourth-order valence-electron chi connectivity index (χ4n) is 7.28. The van der Waals surface area contributed by atoms with Crippen molar-refractivity contribution in [1.82, 2.24) is 0 Å². The second-order valence-corrected chi connectivity index (χ2v) is 18.2. The molecule has 0 rings (SSSR count). The predicted molar refractivity (Wildman–Crippen MR) is 280 cm³/mol. The van der Waals surface area contributed by atoms with E-state index in [1.54, 1.807) is 0 Å². The third kappa shape index (κ3) is 81.2. The summed E-state index contributed by atoms with van der Waals surface area (Å²) in [4.78, 5) is 0. The van der Waals surface area contributed by atoms with Crippen molar-refractivity contribution >= 4 is 0 Å². The Morgan fingerprint density at radius 1 is 0.262 bits per heavy atom. The molecule has 0 aromatic carbocycles. The average Bonchev–Trinajstić information content (AvgIpc) is 3.27. The molecule has 0 saturated carbocycles. The maximum atomic E-state index is 8.75. The molecule has 61 heavy (non-hydrogen) atoms. The van der Waals surface area contributed by atoms with Gasteiger partial charge in [0.15, 0.2) is 0 Å². The minimum atomic E-state index is 0. The minimum Gasteiger partial charge on any atom is -0.662 e. The smallest absolute Gasteiger partial charge is 0.662 e. The fraction of sp³-hybridized carbons (Fsp3) is 1.00. The Hall–Kier alpha value is 0.554. The van der Waals surface area contributed by atoms with Gasteiger partial charge in [-0.3, -0.25) is 0 Å². The molecule has 0 aliphatic carbocycles. The first-order valence-corrected chi connectivity index (χ1v) is 28.1. The number of hydrogen-bond acceptors (Lipinski definition) is 1. The molecular formula is C56H120N3OTi. The third-order valence-electron chi connectivity index (χ3n) is 11.8. The van der Waals surface area contributed by atoms with Gasteiger partial charge in [-0.25, -0.2) is 0 Å². The number of unbranched alkanes of at least 4 members (excludes halogenated alkanes) is 31. The molecule has 0 amide bonds. The first-order chi connectivity index (χ1) is 29.6. The van der Waals surface area contributed by atoms with Crippen molar-refractivity contribution in [3.63, 3.8) is 0 Å². The van der Waals surface area contributed by atoms with Gasteiger partial charge < -0.3 is 21.1 Å². The second kappa shape index (κ2) is 74.9. The standard InChI is InChI=1S/3C16H34N.C8H18O.Ti/c3*1-3-5-7-9-11-13-15-17-16-14-12-10-8-6-4-2;1-3-5-6-8(4-2)7-9;/h3*3-16H2,1-2H3;8-9H,3-7H2,1-2H3;/q3*-1;;+3. The molecule has 0 saturated heterocycles. The van der Waals surface area contributed by atoms with E-state index in [-0.39, 0.29) is 21.7 Å². The molecule has 369 valence electrons. The van der Waals surface area contributed by atoms with Gasteiger partial charge in [0.25, 0.3) is 0 Å². The molecule has 5 heteroatoms. The van der Waals surface area contributed by atoms with E-state index in [1.165, 1.54) is 250 Å². The maximum Gasteiger partial charge on any atom is 3.00 e. The van der Waals surface area contributed by atoms with Gasteiger partial charge in [-0.1, -0.05) is 306 Å². The Kier molecular flexibility index (Phi) is 86.6. The molecule has 1 atom stereocenters. The summed E-state index contributed by atoms with van der Waals surface area (Å²) in [6.45, 7) is 25.0. The van der Waals surface area contributed by atoms with Gasteiger partial charge in [0.1, 0.15) is 0 Å². The van der Waals surface area contributed by atoms with Gasteiger partial charge in [-0.15, -0.1) is 39.3 Å². The van der Waals surface area contributed by atoms with Crippen molar-refractivity contribution in [2.45, 2.75) is 312 Å². The number of nitrogens with zero attached hydrogens (tertiary/aromatic N) is 3. The van der Waals surface area contributed by atoms with Crippen LogP contribution in [0.25, 0.3) is 16.0 Å². The molecule has 0 bridgehead atoms. The van der Waals surface area contributed by atoms with Crippen LogP contribution < -0.4 is 0 Å². The zero-order valence-corrected chi connectivity index (χ0v) is 45.7. The van der Waals surface area contributed by atoms with Gasteiger partial charge in [0.05, 0.1) is 0 Å². The van der Waals surface area contributed by atoms with Crippen LogP contribution in [0.2, 0.25) is 0 Å². The van der Waals surface area contributed by atoms with Crippen LogP contribution in [0.3, 0.4) is 0 Å². The first kappa shape index (κ1) is 70.6. The van der Waals surface area contributed by atoms with Gasteiger partial charge in [0, 0.05) is 6.61 Å². The van der Waals surface area contributed by atoms with Crippen LogP contribution >= 0.6 is 0 Å². The quantitative estimate of drug-likeness (QED) is 0.0480. The van der Waals surface area contributed by atoms with Crippen molar-refractivity contribution in [3.05, 3.63) is 16.0 Å². The summed E-state index contributed by atoms with van der Waals surface area (Å²) in [6.07, 6.45) is 54.7. The maximum absolute atomic E-state index is 8.75. The molecular weight excluding hydrogens is 779 g/mol. The summed E-state index contributed by atoms with van der Waals surface area (Å²) in [5.74, 6) is 0.560. The summed E-state index contributed by atoms with van der Waals surface area (Å²) in [5.41, 5.74) is 0. The largest absolute Gasteiger partial charge is 3.00 e.